The summed E-state index contributed by atoms with van der Waals surface area (Å²) in [6.45, 7) is 20.1. The van der Waals surface area contributed by atoms with Gasteiger partial charge in [0.1, 0.15) is 0 Å². The van der Waals surface area contributed by atoms with Gasteiger partial charge in [0.05, 0.1) is 0 Å². The summed E-state index contributed by atoms with van der Waals surface area (Å²) in [5.74, 6) is 0. The van der Waals surface area contributed by atoms with E-state index in [9.17, 15) is 0 Å². The number of allylic oxidation sites excluding steroid dienone is 3. The first kappa shape index (κ1) is 17.3. The first-order valence-electron chi connectivity index (χ1n) is 4.35. The molecule has 0 aliphatic rings. The predicted octanol–water partition coefficient (Wildman–Crippen LogP) is 4.75. The zero-order chi connectivity index (χ0) is 10.6. The van der Waals surface area contributed by atoms with Crippen LogP contribution in [0.3, 0.4) is 0 Å². The zero-order valence-electron chi connectivity index (χ0n) is 9.41. The van der Waals surface area contributed by atoms with E-state index < -0.39 is 0 Å². The second-order valence-corrected chi connectivity index (χ2v) is 2.78. The molecule has 0 N–H and O–H groups in total. The molecule has 0 heterocycles. The molecule has 0 amide bonds. The van der Waals surface area contributed by atoms with E-state index in [1.54, 1.807) is 0 Å². The van der Waals surface area contributed by atoms with Gasteiger partial charge in [-0.15, -0.1) is 13.2 Å². The molecule has 0 aliphatic heterocycles. The highest BCUT2D eigenvalue weighted by atomic mass is 13.8. The van der Waals surface area contributed by atoms with Crippen LogP contribution < -0.4 is 0 Å². The van der Waals surface area contributed by atoms with Crippen molar-refractivity contribution in [3.8, 4) is 0 Å². The van der Waals surface area contributed by atoms with Crippen molar-refractivity contribution in [2.45, 2.75) is 41.0 Å². The van der Waals surface area contributed by atoms with Gasteiger partial charge < -0.3 is 0 Å². The molecule has 0 atom stereocenters. The molecule has 0 aromatic heterocycles. The van der Waals surface area contributed by atoms with Crippen LogP contribution in [0, 0.1) is 0 Å². The van der Waals surface area contributed by atoms with Crippen molar-refractivity contribution in [1.29, 1.82) is 0 Å². The summed E-state index contributed by atoms with van der Waals surface area (Å²) in [5.41, 5.74) is 2.44. The lowest BCUT2D eigenvalue weighted by Crippen LogP contribution is -1.64. The molecular formula is C12H24. The summed E-state index contributed by atoms with van der Waals surface area (Å²) in [4.78, 5) is 0. The summed E-state index contributed by atoms with van der Waals surface area (Å²) in [5, 5.41) is 0. The largest absolute Gasteiger partial charge is 0.106 e. The smallest absolute Gasteiger partial charge is 0.0404 e. The second-order valence-electron chi connectivity index (χ2n) is 2.78. The van der Waals surface area contributed by atoms with Crippen molar-refractivity contribution in [2.24, 2.45) is 0 Å². The third-order valence-corrected chi connectivity index (χ3v) is 0.535. The maximum Gasteiger partial charge on any atom is -0.0404 e. The molecule has 0 saturated carbocycles. The van der Waals surface area contributed by atoms with Gasteiger partial charge in [0.25, 0.3) is 0 Å². The highest BCUT2D eigenvalue weighted by Crippen LogP contribution is 1.95. The van der Waals surface area contributed by atoms with E-state index in [-0.39, 0.29) is 0 Å². The highest BCUT2D eigenvalue weighted by Gasteiger charge is 1.73. The predicted molar refractivity (Wildman–Crippen MR) is 61.5 cm³/mol. The first-order valence-corrected chi connectivity index (χ1v) is 4.35. The van der Waals surface area contributed by atoms with Crippen LogP contribution >= 0.6 is 0 Å². The molecule has 0 nitrogen and oxygen atoms in total. The van der Waals surface area contributed by atoms with Crippen LogP contribution in [0.2, 0.25) is 0 Å². The zero-order valence-corrected chi connectivity index (χ0v) is 9.41. The van der Waals surface area contributed by atoms with E-state index in [4.69, 9.17) is 0 Å². The average Bonchev–Trinajstić information content (AvgIpc) is 1.90. The third-order valence-electron chi connectivity index (χ3n) is 0.535. The van der Waals surface area contributed by atoms with Crippen LogP contribution in [0.1, 0.15) is 41.0 Å². The summed E-state index contributed by atoms with van der Waals surface area (Å²) < 4.78 is 0. The molecule has 0 aliphatic carbocycles. The van der Waals surface area contributed by atoms with Crippen molar-refractivity contribution in [1.82, 2.24) is 0 Å². The van der Waals surface area contributed by atoms with Crippen molar-refractivity contribution in [2.75, 3.05) is 0 Å². The van der Waals surface area contributed by atoms with E-state index in [0.29, 0.717) is 0 Å². The molecule has 0 aromatic carbocycles. The van der Waals surface area contributed by atoms with Gasteiger partial charge in [0.15, 0.2) is 0 Å². The molecule has 72 valence electrons. The normalized spacial score (nSPS) is 6.42. The standard InChI is InChI=1S/C7H12.C3H8.C2H4/c1-6(2)5-7(3)4;1-3-2;1-2/h5H,1H2,2-4H3;3H2,1-2H3;1-2H2. The van der Waals surface area contributed by atoms with Crippen LogP contribution in [0.4, 0.5) is 0 Å². The Morgan fingerprint density at radius 1 is 1.08 bits per heavy atom. The minimum Gasteiger partial charge on any atom is -0.106 e. The van der Waals surface area contributed by atoms with Crippen LogP contribution in [0.15, 0.2) is 37.0 Å². The van der Waals surface area contributed by atoms with Crippen molar-refractivity contribution in [3.63, 3.8) is 0 Å². The van der Waals surface area contributed by atoms with E-state index in [0.717, 1.165) is 5.57 Å². The maximum absolute atomic E-state index is 3.72. The lowest BCUT2D eigenvalue weighted by molar-refractivity contribution is 1.09. The minimum absolute atomic E-state index is 1.12. The van der Waals surface area contributed by atoms with Gasteiger partial charge >= 0.3 is 0 Å². The molecule has 12 heavy (non-hydrogen) atoms. The van der Waals surface area contributed by atoms with Crippen LogP contribution in [-0.2, 0) is 0 Å². The highest BCUT2D eigenvalue weighted by molar-refractivity contribution is 5.15. The minimum atomic E-state index is 1.12. The average molecular weight is 168 g/mol. The summed E-state index contributed by atoms with van der Waals surface area (Å²) in [6, 6.07) is 0. The van der Waals surface area contributed by atoms with E-state index >= 15 is 0 Å². The molecular weight excluding hydrogens is 144 g/mol. The van der Waals surface area contributed by atoms with Gasteiger partial charge in [0.2, 0.25) is 0 Å². The quantitative estimate of drug-likeness (QED) is 0.391. The fourth-order valence-electron chi connectivity index (χ4n) is 0.493. The molecule has 0 rings (SSSR count). The van der Waals surface area contributed by atoms with E-state index in [1.165, 1.54) is 12.0 Å². The second kappa shape index (κ2) is 16.7. The van der Waals surface area contributed by atoms with E-state index in [1.807, 2.05) is 6.92 Å². The van der Waals surface area contributed by atoms with Gasteiger partial charge in [-0.3, -0.25) is 0 Å². The summed E-state index contributed by atoms with van der Waals surface area (Å²) in [6.07, 6.45) is 3.31. The first-order chi connectivity index (χ1) is 5.54. The topological polar surface area (TPSA) is 0 Å². The molecule has 0 heteroatoms. The number of hydrogen-bond donors (Lipinski definition) is 0. The van der Waals surface area contributed by atoms with Crippen molar-refractivity contribution >= 4 is 0 Å². The number of rotatable bonds is 1. The Balaban J connectivity index is -0.000000137. The van der Waals surface area contributed by atoms with Gasteiger partial charge in [-0.2, -0.15) is 0 Å². The molecule has 0 unspecified atom stereocenters. The van der Waals surface area contributed by atoms with Crippen molar-refractivity contribution in [3.05, 3.63) is 37.0 Å². The maximum atomic E-state index is 3.72. The van der Waals surface area contributed by atoms with Gasteiger partial charge in [-0.1, -0.05) is 44.1 Å². The Morgan fingerprint density at radius 3 is 1.33 bits per heavy atom. The Kier molecular flexibility index (Phi) is 24.1. The molecule has 0 saturated heterocycles. The third kappa shape index (κ3) is 60.1. The molecule has 0 fully saturated rings. The molecule has 0 radical (unpaired) electrons. The van der Waals surface area contributed by atoms with Gasteiger partial charge in [0, 0.05) is 0 Å². The fraction of sp³-hybridized carbons (Fsp3) is 0.500. The molecule has 0 aromatic rings. The van der Waals surface area contributed by atoms with Crippen molar-refractivity contribution < 1.29 is 0 Å². The van der Waals surface area contributed by atoms with E-state index in [2.05, 4.69) is 53.5 Å². The van der Waals surface area contributed by atoms with Gasteiger partial charge in [-0.05, 0) is 20.8 Å². The fourth-order valence-corrected chi connectivity index (χ4v) is 0.493. The molecule has 0 spiro atoms. The SMILES string of the molecule is C=C.C=C(C)C=C(C)C.CCC. The van der Waals surface area contributed by atoms with Crippen LogP contribution in [-0.4, -0.2) is 0 Å². The summed E-state index contributed by atoms with van der Waals surface area (Å²) >= 11 is 0. The summed E-state index contributed by atoms with van der Waals surface area (Å²) in [7, 11) is 0. The van der Waals surface area contributed by atoms with Crippen LogP contribution in [0.5, 0.6) is 0 Å². The monoisotopic (exact) mass is 168 g/mol. The number of hydrogen-bond acceptors (Lipinski definition) is 0. The molecule has 0 bridgehead atoms. The lowest BCUT2D eigenvalue weighted by atomic mass is 10.2. The Bertz CT molecular complexity index is 114. The Labute approximate surface area is 78.7 Å². The lowest BCUT2D eigenvalue weighted by Gasteiger charge is -1.85. The van der Waals surface area contributed by atoms with Crippen LogP contribution in [0.25, 0.3) is 0 Å². The van der Waals surface area contributed by atoms with Gasteiger partial charge in [-0.25, -0.2) is 0 Å². The Morgan fingerprint density at radius 2 is 1.33 bits per heavy atom. The Hall–Kier alpha value is -0.780.